The molecule has 0 aliphatic carbocycles. The second-order valence-electron chi connectivity index (χ2n) is 2.91. The molecule has 4 nitrogen and oxygen atoms in total. The monoisotopic (exact) mass is 176 g/mol. The quantitative estimate of drug-likeness (QED) is 0.693. The van der Waals surface area contributed by atoms with E-state index in [1.165, 1.54) is 0 Å². The standard InChI is InChI=1S/C9H8N2O2/c1-5-3-10-4-6-2-7(9(12)13)11-8(5)6/h2-4,11H,1H3,(H,12,13). The molecule has 0 fully saturated rings. The van der Waals surface area contributed by atoms with Gasteiger partial charge in [-0.2, -0.15) is 0 Å². The van der Waals surface area contributed by atoms with Gasteiger partial charge in [0.05, 0.1) is 5.52 Å². The Bertz CT molecular complexity index is 473. The number of hydrogen-bond acceptors (Lipinski definition) is 2. The summed E-state index contributed by atoms with van der Waals surface area (Å²) < 4.78 is 0. The second-order valence-corrected chi connectivity index (χ2v) is 2.91. The number of carbonyl (C=O) groups is 1. The third-order valence-corrected chi connectivity index (χ3v) is 1.95. The third-order valence-electron chi connectivity index (χ3n) is 1.95. The number of aromatic carboxylic acids is 1. The van der Waals surface area contributed by atoms with E-state index in [-0.39, 0.29) is 5.69 Å². The molecule has 2 N–H and O–H groups in total. The van der Waals surface area contributed by atoms with E-state index in [9.17, 15) is 4.79 Å². The van der Waals surface area contributed by atoms with Crippen LogP contribution < -0.4 is 0 Å². The molecule has 0 aromatic carbocycles. The molecular formula is C9H8N2O2. The molecule has 0 saturated carbocycles. The number of carboxylic acid groups (broad SMARTS) is 1. The minimum absolute atomic E-state index is 0.200. The number of pyridine rings is 1. The Hall–Kier alpha value is -1.84. The van der Waals surface area contributed by atoms with Gasteiger partial charge in [-0.1, -0.05) is 0 Å². The Morgan fingerprint density at radius 2 is 2.31 bits per heavy atom. The summed E-state index contributed by atoms with van der Waals surface area (Å²) in [5.74, 6) is -0.949. The van der Waals surface area contributed by atoms with E-state index in [2.05, 4.69) is 9.97 Å². The van der Waals surface area contributed by atoms with E-state index >= 15 is 0 Å². The van der Waals surface area contributed by atoms with Gasteiger partial charge in [0.2, 0.25) is 0 Å². The SMILES string of the molecule is Cc1cncc2cc(C(=O)O)[nH]c12. The summed E-state index contributed by atoms with van der Waals surface area (Å²) in [5.41, 5.74) is 1.99. The number of nitrogens with zero attached hydrogens (tertiary/aromatic N) is 1. The molecule has 2 rings (SSSR count). The Balaban J connectivity index is 2.75. The van der Waals surface area contributed by atoms with Gasteiger partial charge in [-0.3, -0.25) is 4.98 Å². The molecule has 2 heterocycles. The van der Waals surface area contributed by atoms with Crippen LogP contribution in [-0.2, 0) is 0 Å². The first-order valence-electron chi connectivity index (χ1n) is 3.85. The summed E-state index contributed by atoms with van der Waals surface area (Å²) in [5, 5.41) is 9.56. The van der Waals surface area contributed by atoms with E-state index in [1.54, 1.807) is 18.5 Å². The van der Waals surface area contributed by atoms with E-state index < -0.39 is 5.97 Å². The molecule has 13 heavy (non-hydrogen) atoms. The Morgan fingerprint density at radius 3 is 2.92 bits per heavy atom. The minimum Gasteiger partial charge on any atom is -0.477 e. The summed E-state index contributed by atoms with van der Waals surface area (Å²) in [4.78, 5) is 17.4. The van der Waals surface area contributed by atoms with Gasteiger partial charge in [0.15, 0.2) is 0 Å². The van der Waals surface area contributed by atoms with Crippen LogP contribution in [-0.4, -0.2) is 21.0 Å². The molecule has 4 heteroatoms. The van der Waals surface area contributed by atoms with Crippen LogP contribution in [0.1, 0.15) is 16.1 Å². The molecule has 0 saturated heterocycles. The van der Waals surface area contributed by atoms with Crippen LogP contribution >= 0.6 is 0 Å². The number of H-pyrrole nitrogens is 1. The number of hydrogen-bond donors (Lipinski definition) is 2. The molecule has 0 radical (unpaired) electrons. The van der Waals surface area contributed by atoms with Crippen molar-refractivity contribution in [1.29, 1.82) is 0 Å². The first-order valence-corrected chi connectivity index (χ1v) is 3.85. The van der Waals surface area contributed by atoms with Crippen molar-refractivity contribution in [3.05, 3.63) is 29.7 Å². The molecule has 2 aromatic heterocycles. The second kappa shape index (κ2) is 2.58. The van der Waals surface area contributed by atoms with E-state index in [0.717, 1.165) is 16.5 Å². The Morgan fingerprint density at radius 1 is 1.54 bits per heavy atom. The largest absolute Gasteiger partial charge is 0.477 e. The predicted molar refractivity (Wildman–Crippen MR) is 47.8 cm³/mol. The van der Waals surface area contributed by atoms with E-state index in [4.69, 9.17) is 5.11 Å². The average molecular weight is 176 g/mol. The lowest BCUT2D eigenvalue weighted by atomic mass is 10.2. The van der Waals surface area contributed by atoms with Crippen molar-refractivity contribution in [2.45, 2.75) is 6.92 Å². The van der Waals surface area contributed by atoms with Gasteiger partial charge < -0.3 is 10.1 Å². The maximum absolute atomic E-state index is 10.6. The van der Waals surface area contributed by atoms with Gasteiger partial charge in [-0.25, -0.2) is 4.79 Å². The van der Waals surface area contributed by atoms with Gasteiger partial charge in [-0.15, -0.1) is 0 Å². The molecular weight excluding hydrogens is 168 g/mol. The maximum atomic E-state index is 10.6. The number of aryl methyl sites for hydroxylation is 1. The highest BCUT2D eigenvalue weighted by Gasteiger charge is 2.07. The molecule has 0 spiro atoms. The first-order chi connectivity index (χ1) is 6.18. The molecule has 0 aliphatic heterocycles. The number of carboxylic acids is 1. The van der Waals surface area contributed by atoms with Crippen LogP contribution in [0.15, 0.2) is 18.5 Å². The Kier molecular flexibility index (Phi) is 1.55. The summed E-state index contributed by atoms with van der Waals surface area (Å²) >= 11 is 0. The van der Waals surface area contributed by atoms with Crippen LogP contribution in [0.25, 0.3) is 10.9 Å². The zero-order chi connectivity index (χ0) is 9.42. The van der Waals surface area contributed by atoms with Crippen LogP contribution in [0.3, 0.4) is 0 Å². The van der Waals surface area contributed by atoms with Crippen molar-refractivity contribution in [3.63, 3.8) is 0 Å². The summed E-state index contributed by atoms with van der Waals surface area (Å²) in [6.07, 6.45) is 3.34. The fourth-order valence-electron chi connectivity index (χ4n) is 1.31. The predicted octanol–water partition coefficient (Wildman–Crippen LogP) is 1.57. The van der Waals surface area contributed by atoms with E-state index in [0.29, 0.717) is 0 Å². The molecule has 0 bridgehead atoms. The smallest absolute Gasteiger partial charge is 0.352 e. The average Bonchev–Trinajstić information content (AvgIpc) is 2.49. The van der Waals surface area contributed by atoms with Crippen molar-refractivity contribution in [1.82, 2.24) is 9.97 Å². The number of aromatic amines is 1. The fourth-order valence-corrected chi connectivity index (χ4v) is 1.31. The zero-order valence-electron chi connectivity index (χ0n) is 7.03. The molecule has 0 aliphatic rings. The van der Waals surface area contributed by atoms with Gasteiger partial charge in [0, 0.05) is 17.8 Å². The number of nitrogens with one attached hydrogen (secondary N) is 1. The first kappa shape index (κ1) is 7.79. The molecule has 66 valence electrons. The van der Waals surface area contributed by atoms with Gasteiger partial charge >= 0.3 is 5.97 Å². The van der Waals surface area contributed by atoms with Crippen molar-refractivity contribution in [3.8, 4) is 0 Å². The van der Waals surface area contributed by atoms with Crippen LogP contribution in [0.4, 0.5) is 0 Å². The number of aromatic nitrogens is 2. The molecule has 2 aromatic rings. The van der Waals surface area contributed by atoms with Crippen molar-refractivity contribution in [2.75, 3.05) is 0 Å². The normalized spacial score (nSPS) is 10.5. The third kappa shape index (κ3) is 1.16. The summed E-state index contributed by atoms with van der Waals surface area (Å²) in [6.45, 7) is 1.89. The Labute approximate surface area is 74.2 Å². The van der Waals surface area contributed by atoms with Crippen molar-refractivity contribution < 1.29 is 9.90 Å². The lowest BCUT2D eigenvalue weighted by Crippen LogP contribution is -1.94. The minimum atomic E-state index is -0.949. The highest BCUT2D eigenvalue weighted by Crippen LogP contribution is 2.17. The highest BCUT2D eigenvalue weighted by atomic mass is 16.4. The molecule has 0 amide bonds. The zero-order valence-corrected chi connectivity index (χ0v) is 7.03. The lowest BCUT2D eigenvalue weighted by Gasteiger charge is -1.92. The van der Waals surface area contributed by atoms with Crippen LogP contribution in [0, 0.1) is 6.92 Å². The molecule has 0 unspecified atom stereocenters. The van der Waals surface area contributed by atoms with Crippen molar-refractivity contribution in [2.24, 2.45) is 0 Å². The summed E-state index contributed by atoms with van der Waals surface area (Å²) in [7, 11) is 0. The summed E-state index contributed by atoms with van der Waals surface area (Å²) in [6, 6.07) is 1.58. The van der Waals surface area contributed by atoms with E-state index in [1.807, 2.05) is 6.92 Å². The van der Waals surface area contributed by atoms with Gasteiger partial charge in [0.1, 0.15) is 5.69 Å². The number of rotatable bonds is 1. The van der Waals surface area contributed by atoms with Gasteiger partial charge in [-0.05, 0) is 18.6 Å². The number of fused-ring (bicyclic) bond motifs is 1. The van der Waals surface area contributed by atoms with Crippen LogP contribution in [0.2, 0.25) is 0 Å². The highest BCUT2D eigenvalue weighted by molar-refractivity contribution is 5.94. The maximum Gasteiger partial charge on any atom is 0.352 e. The molecule has 0 atom stereocenters. The lowest BCUT2D eigenvalue weighted by molar-refractivity contribution is 0.0691. The fraction of sp³-hybridized carbons (Fsp3) is 0.111. The topological polar surface area (TPSA) is 66.0 Å². The van der Waals surface area contributed by atoms with Crippen molar-refractivity contribution >= 4 is 16.9 Å². The van der Waals surface area contributed by atoms with Crippen LogP contribution in [0.5, 0.6) is 0 Å². The van der Waals surface area contributed by atoms with Gasteiger partial charge in [0.25, 0.3) is 0 Å².